The number of nitrogens with zero attached hydrogens (tertiary/aromatic N) is 6. The van der Waals surface area contributed by atoms with Crippen molar-refractivity contribution in [1.29, 1.82) is 0 Å². The maximum Gasteiger partial charge on any atom is 0.315 e. The minimum absolute atomic E-state index is 0. The Balaban J connectivity index is 0.000000242. The summed E-state index contributed by atoms with van der Waals surface area (Å²) >= 11 is 5.94. The van der Waals surface area contributed by atoms with E-state index in [-0.39, 0.29) is 79.0 Å². The van der Waals surface area contributed by atoms with Crippen LogP contribution in [0.5, 0.6) is 34.5 Å². The molecule has 390 valence electrons. The molecule has 0 aliphatic carbocycles. The highest BCUT2D eigenvalue weighted by atomic mass is 35.5. The van der Waals surface area contributed by atoms with Gasteiger partial charge in [0, 0.05) is 22.0 Å². The number of esters is 1. The van der Waals surface area contributed by atoms with Crippen LogP contribution < -0.4 is 30.1 Å². The summed E-state index contributed by atoms with van der Waals surface area (Å²) in [7, 11) is 6.06. The third-order valence-corrected chi connectivity index (χ3v) is 11.5. The average Bonchev–Trinajstić information content (AvgIpc) is 4.18. The van der Waals surface area contributed by atoms with Gasteiger partial charge in [-0.2, -0.15) is 0 Å². The Morgan fingerprint density at radius 2 is 0.973 bits per heavy atom. The lowest BCUT2D eigenvalue weighted by atomic mass is 9.96. The number of ether oxygens (including phenoxy) is 5. The largest absolute Gasteiger partial charge is 0.506 e. The number of pyridine rings is 2. The fourth-order valence-electron chi connectivity index (χ4n) is 7.84. The van der Waals surface area contributed by atoms with Gasteiger partial charge in [0.1, 0.15) is 58.5 Å². The molecule has 0 saturated carbocycles. The summed E-state index contributed by atoms with van der Waals surface area (Å²) in [5, 5.41) is 47.3. The van der Waals surface area contributed by atoms with Crippen molar-refractivity contribution in [3.63, 3.8) is 0 Å². The standard InChI is InChI=1S/C28H26ClN5O6.C23H27N3O7.CH4/c1-4-5-7-17-22(23-18(37-2)8-6-9-19(23)38-3)25(35)24(26(36)30-17)28-34-32-21(40-28)14-20-31-33-27(39-20)15-10-12-16(29)13-11-15;1-5-7-9-13-18(19-14(30-3)10-8-11-15(19)31-4)21(28)20(22(29)24-13)23-26-25-16(33-23)12-17(27)32-6-2;/h6,8-13H,4-5,7,14H2,1-3H3,(H2,30,35,36);8,10-11H,5-7,9,12H2,1-4H3,(H2,24,28,29);1H4. The van der Waals surface area contributed by atoms with Crippen LogP contribution in [0.1, 0.15) is 82.9 Å². The topological polar surface area (TPSA) is 286 Å². The molecule has 0 atom stereocenters. The highest BCUT2D eigenvalue weighted by Gasteiger charge is 2.30. The van der Waals surface area contributed by atoms with Crippen molar-refractivity contribution in [2.45, 2.75) is 79.6 Å². The highest BCUT2D eigenvalue weighted by molar-refractivity contribution is 6.30. The quantitative estimate of drug-likeness (QED) is 0.0517. The van der Waals surface area contributed by atoms with E-state index in [9.17, 15) is 24.6 Å². The van der Waals surface area contributed by atoms with Crippen LogP contribution in [0.25, 0.3) is 56.6 Å². The molecule has 21 nitrogen and oxygen atoms in total. The molecular formula is C52H57ClN8O13. The molecule has 3 aromatic carbocycles. The van der Waals surface area contributed by atoms with Crippen molar-refractivity contribution in [3.8, 4) is 91.1 Å². The zero-order valence-corrected chi connectivity index (χ0v) is 41.8. The van der Waals surface area contributed by atoms with Gasteiger partial charge in [0.05, 0.1) is 57.3 Å². The number of rotatable bonds is 20. The second-order valence-corrected chi connectivity index (χ2v) is 16.4. The molecule has 0 aliphatic heterocycles. The number of aromatic hydroxyl groups is 2. The molecule has 0 unspecified atom stereocenters. The molecule has 5 aromatic heterocycles. The molecular weight excluding hydrogens is 980 g/mol. The van der Waals surface area contributed by atoms with Crippen molar-refractivity contribution < 1.29 is 51.9 Å². The van der Waals surface area contributed by atoms with Crippen LogP contribution in [-0.4, -0.2) is 91.8 Å². The monoisotopic (exact) mass is 1040 g/mol. The van der Waals surface area contributed by atoms with Gasteiger partial charge in [0.2, 0.25) is 23.6 Å². The number of aryl methyl sites for hydroxylation is 2. The average molecular weight is 1040 g/mol. The van der Waals surface area contributed by atoms with Gasteiger partial charge in [0.25, 0.3) is 22.9 Å². The Kier molecular flexibility index (Phi) is 18.7. The van der Waals surface area contributed by atoms with Gasteiger partial charge in [-0.05, 0) is 81.1 Å². The molecule has 0 bridgehead atoms. The van der Waals surface area contributed by atoms with Gasteiger partial charge in [-0.25, -0.2) is 0 Å². The SMILES string of the molecule is C.CCCCc1[nH]c(=O)c(-c2nnc(CC(=O)OCC)o2)c(O)c1-c1c(OC)cccc1OC.CCCCc1[nH]c(=O)c(-c2nnc(Cc3nnc(-c4ccc(Cl)cc4)o3)o2)c(O)c1-c1c(OC)cccc1OC. The second kappa shape index (κ2) is 25.3. The zero-order valence-electron chi connectivity index (χ0n) is 41.1. The lowest BCUT2D eigenvalue weighted by Crippen LogP contribution is -2.14. The molecule has 4 N–H and O–H groups in total. The van der Waals surface area contributed by atoms with E-state index in [2.05, 4.69) is 40.6 Å². The number of methoxy groups -OCH3 is 4. The number of carbonyl (C=O) groups excluding carboxylic acids is 1. The third-order valence-electron chi connectivity index (χ3n) is 11.3. The molecule has 0 saturated heterocycles. The first-order valence-electron chi connectivity index (χ1n) is 23.2. The summed E-state index contributed by atoms with van der Waals surface area (Å²) in [6.45, 7) is 5.96. The molecule has 8 rings (SSSR count). The Morgan fingerprint density at radius 1 is 0.568 bits per heavy atom. The number of halogens is 1. The van der Waals surface area contributed by atoms with Crippen LogP contribution in [0.4, 0.5) is 0 Å². The third kappa shape index (κ3) is 12.1. The van der Waals surface area contributed by atoms with Gasteiger partial charge in [-0.15, -0.1) is 30.6 Å². The van der Waals surface area contributed by atoms with E-state index >= 15 is 0 Å². The smallest absolute Gasteiger partial charge is 0.315 e. The molecule has 0 fully saturated rings. The number of benzene rings is 3. The molecule has 22 heteroatoms. The van der Waals surface area contributed by atoms with Gasteiger partial charge >= 0.3 is 5.97 Å². The summed E-state index contributed by atoms with van der Waals surface area (Å²) in [6.07, 6.45) is 4.13. The number of unbranched alkanes of at least 4 members (excludes halogenated alkanes) is 2. The van der Waals surface area contributed by atoms with Gasteiger partial charge in [-0.1, -0.05) is 57.8 Å². The van der Waals surface area contributed by atoms with Crippen molar-refractivity contribution in [2.75, 3.05) is 35.0 Å². The summed E-state index contributed by atoms with van der Waals surface area (Å²) in [4.78, 5) is 43.6. The van der Waals surface area contributed by atoms with E-state index in [1.807, 2.05) is 13.8 Å². The second-order valence-electron chi connectivity index (χ2n) is 16.0. The first-order chi connectivity index (χ1) is 35.4. The fraction of sp³-hybridized carbons (Fsp3) is 0.327. The van der Waals surface area contributed by atoms with Gasteiger partial charge in [-0.3, -0.25) is 14.4 Å². The number of H-pyrrole nitrogens is 2. The van der Waals surface area contributed by atoms with Crippen LogP contribution in [0, 0.1) is 0 Å². The Labute approximate surface area is 429 Å². The molecule has 5 heterocycles. The highest BCUT2D eigenvalue weighted by Crippen LogP contribution is 2.48. The molecule has 8 aromatic rings. The molecule has 0 radical (unpaired) electrons. The number of carbonyl (C=O) groups is 1. The van der Waals surface area contributed by atoms with Crippen LogP contribution in [0.2, 0.25) is 5.02 Å². The summed E-state index contributed by atoms with van der Waals surface area (Å²) in [5.41, 5.74) is 1.90. The van der Waals surface area contributed by atoms with Crippen LogP contribution in [0.15, 0.2) is 83.5 Å². The van der Waals surface area contributed by atoms with Crippen molar-refractivity contribution in [2.24, 2.45) is 0 Å². The molecule has 0 aliphatic rings. The minimum atomic E-state index is -0.595. The maximum atomic E-state index is 13.2. The van der Waals surface area contributed by atoms with E-state index in [1.165, 1.54) is 28.4 Å². The van der Waals surface area contributed by atoms with Crippen LogP contribution >= 0.6 is 11.6 Å². The summed E-state index contributed by atoms with van der Waals surface area (Å²) in [6, 6.07) is 17.5. The number of nitrogens with one attached hydrogen (secondary N) is 2. The van der Waals surface area contributed by atoms with Gasteiger partial charge < -0.3 is 57.1 Å². The Bertz CT molecular complexity index is 3260. The van der Waals surface area contributed by atoms with Crippen molar-refractivity contribution in [3.05, 3.63) is 115 Å². The van der Waals surface area contributed by atoms with Crippen LogP contribution in [-0.2, 0) is 35.2 Å². The predicted octanol–water partition coefficient (Wildman–Crippen LogP) is 9.35. The zero-order chi connectivity index (χ0) is 52.2. The number of hydrogen-bond donors (Lipinski definition) is 4. The lowest BCUT2D eigenvalue weighted by molar-refractivity contribution is -0.142. The van der Waals surface area contributed by atoms with Crippen LogP contribution in [0.3, 0.4) is 0 Å². The fourth-order valence-corrected chi connectivity index (χ4v) is 7.96. The summed E-state index contributed by atoms with van der Waals surface area (Å²) < 4.78 is 44.1. The van der Waals surface area contributed by atoms with E-state index < -0.39 is 17.1 Å². The lowest BCUT2D eigenvalue weighted by Gasteiger charge is -2.18. The van der Waals surface area contributed by atoms with E-state index in [1.54, 1.807) is 67.6 Å². The summed E-state index contributed by atoms with van der Waals surface area (Å²) in [5.74, 6) is 0.853. The number of aromatic nitrogens is 8. The maximum absolute atomic E-state index is 13.2. The normalized spacial score (nSPS) is 10.8. The predicted molar refractivity (Wildman–Crippen MR) is 273 cm³/mol. The van der Waals surface area contributed by atoms with Crippen molar-refractivity contribution >= 4 is 17.6 Å². The van der Waals surface area contributed by atoms with Crippen molar-refractivity contribution in [1.82, 2.24) is 40.6 Å². The molecule has 0 spiro atoms. The molecule has 74 heavy (non-hydrogen) atoms. The number of aromatic amines is 2. The molecule has 0 amide bonds. The first kappa shape index (κ1) is 54.9. The van der Waals surface area contributed by atoms with E-state index in [0.29, 0.717) is 86.0 Å². The number of hydrogen-bond acceptors (Lipinski definition) is 19. The van der Waals surface area contributed by atoms with Gasteiger partial charge in [0.15, 0.2) is 0 Å². The Morgan fingerprint density at radius 3 is 1.39 bits per heavy atom. The van der Waals surface area contributed by atoms with E-state index in [0.717, 1.165) is 25.7 Å². The Hall–Kier alpha value is -8.46. The van der Waals surface area contributed by atoms with E-state index in [4.69, 9.17) is 48.5 Å². The first-order valence-corrected chi connectivity index (χ1v) is 23.5. The minimum Gasteiger partial charge on any atom is -0.506 e.